The van der Waals surface area contributed by atoms with Crippen molar-refractivity contribution in [1.82, 2.24) is 0 Å². The molecule has 6 atom stereocenters. The lowest BCUT2D eigenvalue weighted by molar-refractivity contribution is -0.150. The molecule has 0 bridgehead atoms. The summed E-state index contributed by atoms with van der Waals surface area (Å²) < 4.78 is 74.4. The lowest BCUT2D eigenvalue weighted by Crippen LogP contribution is -2.14. The fourth-order valence-corrected chi connectivity index (χ4v) is 7.13. The monoisotopic (exact) mass is 882 g/mol. The van der Waals surface area contributed by atoms with Gasteiger partial charge in [-0.05, 0) is 77.3 Å². The van der Waals surface area contributed by atoms with Crippen LogP contribution in [0.15, 0.2) is 125 Å². The SMILES string of the molecule is CC1(C)C(/C=C(\Cl)C(F)(F)F)C1C(=O)OC(C#N)c1cccc(Oc2ccccc2)c1.CC1(C)C(C=C(Cl)Cl)C1C(=O)OC(C#N)c1ccc(F)c(Oc2ccccc2)c1. The molecule has 0 amide bonds. The predicted molar refractivity (Wildman–Crippen MR) is 216 cm³/mol. The Bertz CT molecular complexity index is 2340. The highest BCUT2D eigenvalue weighted by Crippen LogP contribution is 2.61. The van der Waals surface area contributed by atoms with E-state index in [0.29, 0.717) is 28.4 Å². The van der Waals surface area contributed by atoms with Crippen LogP contribution >= 0.6 is 34.8 Å². The second kappa shape index (κ2) is 18.8. The number of esters is 2. The number of nitriles is 2. The summed E-state index contributed by atoms with van der Waals surface area (Å²) in [4.78, 5) is 25.2. The number of allylic oxidation sites excluding steroid dienone is 3. The third-order valence-electron chi connectivity index (χ3n) is 10.3. The summed E-state index contributed by atoms with van der Waals surface area (Å²) in [6.07, 6.45) is -4.67. The van der Waals surface area contributed by atoms with Crippen LogP contribution in [0.1, 0.15) is 51.0 Å². The molecule has 60 heavy (non-hydrogen) atoms. The number of halogens is 7. The molecule has 0 spiro atoms. The van der Waals surface area contributed by atoms with Crippen LogP contribution in [0, 0.1) is 63.0 Å². The van der Waals surface area contributed by atoms with E-state index < -0.39 is 64.3 Å². The van der Waals surface area contributed by atoms with Crippen molar-refractivity contribution in [2.24, 2.45) is 34.5 Å². The summed E-state index contributed by atoms with van der Waals surface area (Å²) in [5.74, 6) is -2.66. The van der Waals surface area contributed by atoms with Gasteiger partial charge in [-0.2, -0.15) is 23.7 Å². The van der Waals surface area contributed by atoms with Gasteiger partial charge in [0.2, 0.25) is 12.2 Å². The molecule has 2 saturated carbocycles. The first-order chi connectivity index (χ1) is 28.3. The van der Waals surface area contributed by atoms with Gasteiger partial charge in [0, 0.05) is 11.1 Å². The molecule has 6 unspecified atom stereocenters. The number of hydrogen-bond donors (Lipinski definition) is 0. The highest BCUT2D eigenvalue weighted by molar-refractivity contribution is 6.55. The number of benzene rings is 4. The minimum atomic E-state index is -4.68. The first-order valence-corrected chi connectivity index (χ1v) is 19.4. The fraction of sp³-hybridized carbons (Fsp3) is 0.289. The highest BCUT2D eigenvalue weighted by atomic mass is 35.5. The van der Waals surface area contributed by atoms with Gasteiger partial charge in [0.05, 0.1) is 11.8 Å². The van der Waals surface area contributed by atoms with E-state index in [1.807, 2.05) is 50.3 Å². The van der Waals surface area contributed by atoms with Gasteiger partial charge < -0.3 is 18.9 Å². The number of carbonyl (C=O) groups is 2. The zero-order valence-corrected chi connectivity index (χ0v) is 34.7. The highest BCUT2D eigenvalue weighted by Gasteiger charge is 2.63. The maximum atomic E-state index is 14.2. The molecule has 0 radical (unpaired) electrons. The standard InChI is InChI=1S/C23H19ClF3NO3.C22H18Cl2FNO3/c1-22(2)17(12-19(24)23(25,26)27)20(22)21(29)31-18(13-28)14-7-6-10-16(11-14)30-15-8-4-3-5-9-15;1-22(2)15(11-19(23)24)20(22)21(27)29-18(12-26)13-8-9-16(25)17(10-13)28-14-6-4-3-5-7-14/h3-12,17-18,20H,1-2H3;3-11,15,18,20H,1-2H3/b19-12-;. The van der Waals surface area contributed by atoms with Crippen molar-refractivity contribution in [3.8, 4) is 35.1 Å². The molecule has 2 aliphatic carbocycles. The third-order valence-corrected chi connectivity index (χ3v) is 10.9. The van der Waals surface area contributed by atoms with Gasteiger partial charge >= 0.3 is 18.1 Å². The molecule has 0 heterocycles. The average Bonchev–Trinajstić information content (AvgIpc) is 3.97. The second-order valence-electron chi connectivity index (χ2n) is 15.1. The van der Waals surface area contributed by atoms with Crippen molar-refractivity contribution < 1.29 is 46.1 Å². The maximum absolute atomic E-state index is 14.2. The summed E-state index contributed by atoms with van der Waals surface area (Å²) in [6.45, 7) is 7.08. The van der Waals surface area contributed by atoms with Crippen LogP contribution in [0.4, 0.5) is 17.6 Å². The molecular formula is C45H37Cl3F4N2O6. The van der Waals surface area contributed by atoms with Crippen molar-refractivity contribution in [2.75, 3.05) is 0 Å². The van der Waals surface area contributed by atoms with E-state index in [1.54, 1.807) is 80.6 Å². The van der Waals surface area contributed by atoms with Crippen molar-refractivity contribution in [3.05, 3.63) is 142 Å². The topological polar surface area (TPSA) is 119 Å². The van der Waals surface area contributed by atoms with Gasteiger partial charge in [-0.15, -0.1) is 0 Å². The third kappa shape index (κ3) is 11.2. The summed E-state index contributed by atoms with van der Waals surface area (Å²) >= 11 is 16.7. The Morgan fingerprint density at radius 2 is 1.13 bits per heavy atom. The number of carbonyl (C=O) groups excluding carboxylic acids is 2. The van der Waals surface area contributed by atoms with E-state index in [1.165, 1.54) is 18.2 Å². The average molecular weight is 884 g/mol. The van der Waals surface area contributed by atoms with Gasteiger partial charge in [-0.25, -0.2) is 4.39 Å². The van der Waals surface area contributed by atoms with Gasteiger partial charge in [-0.3, -0.25) is 9.59 Å². The Labute approximate surface area is 359 Å². The lowest BCUT2D eigenvalue weighted by atomic mass is 10.1. The first kappa shape index (κ1) is 45.6. The van der Waals surface area contributed by atoms with Crippen LogP contribution in [0.25, 0.3) is 0 Å². The lowest BCUT2D eigenvalue weighted by Gasteiger charge is -2.14. The minimum Gasteiger partial charge on any atom is -0.457 e. The molecule has 0 aromatic heterocycles. The Morgan fingerprint density at radius 3 is 1.62 bits per heavy atom. The van der Waals surface area contributed by atoms with Gasteiger partial charge in [0.1, 0.15) is 38.9 Å². The quantitative estimate of drug-likeness (QED) is 0.102. The predicted octanol–water partition coefficient (Wildman–Crippen LogP) is 12.9. The largest absolute Gasteiger partial charge is 0.457 e. The summed E-state index contributed by atoms with van der Waals surface area (Å²) in [5, 5.41) is 17.7. The Hall–Kier alpha value is -5.53. The number of nitrogens with zero attached hydrogens (tertiary/aromatic N) is 2. The molecule has 15 heteroatoms. The van der Waals surface area contributed by atoms with Crippen molar-refractivity contribution in [1.29, 1.82) is 10.5 Å². The summed E-state index contributed by atoms with van der Waals surface area (Å²) in [5.41, 5.74) is -0.436. The van der Waals surface area contributed by atoms with E-state index in [-0.39, 0.29) is 21.6 Å². The van der Waals surface area contributed by atoms with E-state index in [4.69, 9.17) is 53.8 Å². The fourth-order valence-electron chi connectivity index (χ4n) is 6.72. The van der Waals surface area contributed by atoms with E-state index in [2.05, 4.69) is 0 Å². The number of alkyl halides is 3. The van der Waals surface area contributed by atoms with Crippen LogP contribution in [0.5, 0.6) is 23.0 Å². The molecule has 312 valence electrons. The molecule has 4 aromatic rings. The van der Waals surface area contributed by atoms with Gasteiger partial charge in [0.25, 0.3) is 0 Å². The molecule has 0 aliphatic heterocycles. The Morgan fingerprint density at radius 1 is 0.667 bits per heavy atom. The number of hydrogen-bond acceptors (Lipinski definition) is 8. The zero-order valence-electron chi connectivity index (χ0n) is 32.4. The van der Waals surface area contributed by atoms with E-state index >= 15 is 0 Å². The molecular weight excluding hydrogens is 847 g/mol. The van der Waals surface area contributed by atoms with Gasteiger partial charge in [0.15, 0.2) is 11.6 Å². The molecule has 0 N–H and O–H groups in total. The molecule has 2 fully saturated rings. The first-order valence-electron chi connectivity index (χ1n) is 18.3. The molecule has 8 nitrogen and oxygen atoms in total. The second-order valence-corrected chi connectivity index (χ2v) is 16.5. The van der Waals surface area contributed by atoms with Crippen LogP contribution in [0.2, 0.25) is 0 Å². The summed E-state index contributed by atoms with van der Waals surface area (Å²) in [6, 6.07) is 32.0. The van der Waals surface area contributed by atoms with Crippen molar-refractivity contribution >= 4 is 46.7 Å². The number of ether oxygens (including phenoxy) is 4. The van der Waals surface area contributed by atoms with Crippen LogP contribution < -0.4 is 9.47 Å². The molecule has 4 aromatic carbocycles. The smallest absolute Gasteiger partial charge is 0.426 e. The van der Waals surface area contributed by atoms with Crippen LogP contribution in [-0.4, -0.2) is 18.1 Å². The molecule has 6 rings (SSSR count). The van der Waals surface area contributed by atoms with Gasteiger partial charge in [-0.1, -0.05) is 123 Å². The number of para-hydroxylation sites is 2. The normalized spacial score (nSPS) is 20.6. The summed E-state index contributed by atoms with van der Waals surface area (Å²) in [7, 11) is 0. The van der Waals surface area contributed by atoms with Crippen LogP contribution in [0.3, 0.4) is 0 Å². The maximum Gasteiger partial charge on any atom is 0.426 e. The molecule has 2 aliphatic rings. The Balaban J connectivity index is 0.000000228. The number of rotatable bonds is 12. The molecule has 0 saturated heterocycles. The van der Waals surface area contributed by atoms with Crippen molar-refractivity contribution in [2.45, 2.75) is 46.1 Å². The Kier molecular flexibility index (Phi) is 14.3. The van der Waals surface area contributed by atoms with E-state index in [0.717, 1.165) is 6.08 Å². The van der Waals surface area contributed by atoms with E-state index in [9.17, 15) is 37.7 Å². The zero-order chi connectivity index (χ0) is 44.0. The minimum absolute atomic E-state index is 0.0634. The van der Waals surface area contributed by atoms with Crippen molar-refractivity contribution in [3.63, 3.8) is 0 Å². The van der Waals surface area contributed by atoms with Crippen LogP contribution in [-0.2, 0) is 19.1 Å².